The van der Waals surface area contributed by atoms with E-state index in [1.807, 2.05) is 32.4 Å². The van der Waals surface area contributed by atoms with E-state index in [0.29, 0.717) is 0 Å². The average molecular weight is 751 g/mol. The van der Waals surface area contributed by atoms with Gasteiger partial charge in [0.1, 0.15) is 31.0 Å². The Morgan fingerprint density at radius 2 is 1.64 bits per heavy atom. The van der Waals surface area contributed by atoms with Crippen LogP contribution in [0.3, 0.4) is 0 Å². The minimum absolute atomic E-state index is 0.0402. The van der Waals surface area contributed by atoms with Gasteiger partial charge in [0, 0.05) is 37.9 Å². The van der Waals surface area contributed by atoms with Crippen molar-refractivity contribution in [1.29, 1.82) is 0 Å². The van der Waals surface area contributed by atoms with Crippen LogP contribution in [0.25, 0.3) is 4.85 Å². The van der Waals surface area contributed by atoms with Gasteiger partial charge in [0.15, 0.2) is 6.23 Å². The molecule has 1 aliphatic rings. The smallest absolute Gasteiger partial charge is 0.337 e. The number of aromatic amines is 1. The van der Waals surface area contributed by atoms with Gasteiger partial charge >= 0.3 is 19.3 Å². The van der Waals surface area contributed by atoms with Gasteiger partial charge in [0.05, 0.1) is 31.1 Å². The van der Waals surface area contributed by atoms with Crippen LogP contribution < -0.4 is 11.2 Å². The Morgan fingerprint density at radius 1 is 1.04 bits per heavy atom. The molecule has 2 heterocycles. The summed E-state index contributed by atoms with van der Waals surface area (Å²) < 4.78 is 66.8. The van der Waals surface area contributed by atoms with E-state index in [4.69, 9.17) is 43.6 Å². The molecule has 50 heavy (non-hydrogen) atoms. The number of aromatic nitrogens is 2. The number of esters is 1. The van der Waals surface area contributed by atoms with Crippen molar-refractivity contribution in [3.05, 3.63) is 44.0 Å². The summed E-state index contributed by atoms with van der Waals surface area (Å²) in [5, 5.41) is 0. The number of nitrogens with one attached hydrogen (secondary N) is 1. The van der Waals surface area contributed by atoms with E-state index in [1.165, 1.54) is 31.7 Å². The normalized spacial score (nSPS) is 21.7. The molecule has 286 valence electrons. The second kappa shape index (κ2) is 20.3. The van der Waals surface area contributed by atoms with Crippen molar-refractivity contribution in [3.63, 3.8) is 0 Å². The zero-order valence-corrected chi connectivity index (χ0v) is 33.1. The van der Waals surface area contributed by atoms with E-state index >= 15 is 0 Å². The topological polar surface area (TPSA) is 170 Å². The van der Waals surface area contributed by atoms with Gasteiger partial charge in [0.2, 0.25) is 6.54 Å². The largest absolute Gasteiger partial charge is 0.459 e. The van der Waals surface area contributed by atoms with E-state index in [-0.39, 0.29) is 44.0 Å². The quantitative estimate of drug-likeness (QED) is 0.0787. The third-order valence-corrected chi connectivity index (χ3v) is 12.3. The molecule has 2 rings (SSSR count). The van der Waals surface area contributed by atoms with Gasteiger partial charge in [0.25, 0.3) is 14.1 Å². The van der Waals surface area contributed by atoms with Crippen LogP contribution in [0.2, 0.25) is 0 Å². The summed E-state index contributed by atoms with van der Waals surface area (Å²) in [6.45, 7) is 26.7. The van der Waals surface area contributed by atoms with Gasteiger partial charge in [-0.3, -0.25) is 23.7 Å². The van der Waals surface area contributed by atoms with E-state index in [1.54, 1.807) is 34.6 Å². The summed E-state index contributed by atoms with van der Waals surface area (Å²) in [4.78, 5) is 44.2. The maximum absolute atomic E-state index is 14.6. The van der Waals surface area contributed by atoms with Crippen molar-refractivity contribution in [1.82, 2.24) is 14.2 Å². The van der Waals surface area contributed by atoms with Crippen LogP contribution in [0.1, 0.15) is 81.0 Å². The molecular weight excluding hydrogens is 694 g/mol. The molecule has 16 nitrogen and oxygen atoms in total. The lowest BCUT2D eigenvalue weighted by Gasteiger charge is -2.40. The maximum atomic E-state index is 14.6. The molecule has 0 saturated carbocycles. The predicted octanol–water partition coefficient (Wildman–Crippen LogP) is 4.80. The molecule has 0 spiro atoms. The standard InChI is InChI=1S/C32H56N4O12P2/c1-19(2)36(20(3)4)49(43-15-14-33-12)46-28-27(26(44-25(11)37)24(10)50(40,47-21(5)6)48-22(7)8)45-31(29(28)42-17-16-41-13)35-18-23(9)30(38)34-32(35)39/h18-22,24,26-29,31H,14-17H2,1-11,13H3,(H,34,38,39)/t24-,26-,27+,28+,29+,31+,49?/m0/s1. The third-order valence-electron chi connectivity index (χ3n) is 7.42. The highest BCUT2D eigenvalue weighted by atomic mass is 31.2. The number of ether oxygens (including phenoxy) is 4. The number of carbonyl (C=O) groups excluding carboxylic acids is 1. The number of H-pyrrole nitrogens is 1. The van der Waals surface area contributed by atoms with E-state index in [9.17, 15) is 18.9 Å². The molecule has 1 aromatic rings. The molecule has 1 aliphatic heterocycles. The SMILES string of the molecule is [C-]#[N+]CCOP(O[C@@H]1[C@@H]([C@@H](OC(C)=O)[C@H](C)P(=O)(OC(C)C)OC(C)C)O[C@@H](n2cc(C)c(=O)[nH]c2=O)[C@@H]1OCCOC)N(C(C)C)C(C)C. The van der Waals surface area contributed by atoms with Gasteiger partial charge in [-0.1, -0.05) is 0 Å². The number of rotatable bonds is 21. The van der Waals surface area contributed by atoms with Gasteiger partial charge < -0.3 is 41.9 Å². The highest BCUT2D eigenvalue weighted by molar-refractivity contribution is 7.54. The van der Waals surface area contributed by atoms with E-state index in [2.05, 4.69) is 9.83 Å². The molecule has 1 unspecified atom stereocenters. The number of hydrogen-bond donors (Lipinski definition) is 1. The van der Waals surface area contributed by atoms with Crippen LogP contribution in [0, 0.1) is 13.5 Å². The van der Waals surface area contributed by atoms with Gasteiger partial charge in [-0.05, 0) is 69.2 Å². The summed E-state index contributed by atoms with van der Waals surface area (Å²) in [7, 11) is -4.48. The Bertz CT molecular complexity index is 1410. The molecule has 1 fully saturated rings. The highest BCUT2D eigenvalue weighted by Gasteiger charge is 2.57. The first-order valence-corrected chi connectivity index (χ1v) is 19.6. The van der Waals surface area contributed by atoms with Crippen molar-refractivity contribution in [3.8, 4) is 0 Å². The van der Waals surface area contributed by atoms with Crippen LogP contribution in [-0.2, 0) is 46.4 Å². The molecule has 1 N–H and O–H groups in total. The lowest BCUT2D eigenvalue weighted by atomic mass is 10.0. The zero-order chi connectivity index (χ0) is 37.9. The summed E-state index contributed by atoms with van der Waals surface area (Å²) in [6.07, 6.45) is -5.74. The Balaban J connectivity index is 2.92. The lowest BCUT2D eigenvalue weighted by Crippen LogP contribution is -2.49. The van der Waals surface area contributed by atoms with Crippen molar-refractivity contribution in [2.75, 3.05) is 33.5 Å². The molecule has 0 radical (unpaired) electrons. The fraction of sp³-hybridized carbons (Fsp3) is 0.812. The van der Waals surface area contributed by atoms with Crippen LogP contribution >= 0.6 is 16.1 Å². The second-order valence-electron chi connectivity index (χ2n) is 13.1. The van der Waals surface area contributed by atoms with Crippen LogP contribution in [0.5, 0.6) is 0 Å². The van der Waals surface area contributed by atoms with Crippen molar-refractivity contribution in [2.24, 2.45) is 0 Å². The molecule has 18 heteroatoms. The van der Waals surface area contributed by atoms with Gasteiger partial charge in [-0.15, -0.1) is 0 Å². The second-order valence-corrected chi connectivity index (χ2v) is 16.8. The minimum Gasteiger partial charge on any atom is -0.459 e. The summed E-state index contributed by atoms with van der Waals surface area (Å²) in [5.41, 5.74) is -2.23. The minimum atomic E-state index is -4.04. The number of carbonyl (C=O) groups is 1. The first-order valence-electron chi connectivity index (χ1n) is 16.8. The number of aryl methyl sites for hydroxylation is 1. The molecule has 1 aromatic heterocycles. The fourth-order valence-corrected chi connectivity index (χ4v) is 9.45. The van der Waals surface area contributed by atoms with E-state index < -0.39 is 81.9 Å². The number of methoxy groups -OCH3 is 1. The first kappa shape index (κ1) is 44.1. The monoisotopic (exact) mass is 750 g/mol. The molecule has 1 saturated heterocycles. The Labute approximate surface area is 296 Å². The summed E-state index contributed by atoms with van der Waals surface area (Å²) in [5.74, 6) is -0.705. The van der Waals surface area contributed by atoms with Crippen molar-refractivity contribution < 1.29 is 46.4 Å². The summed E-state index contributed by atoms with van der Waals surface area (Å²) in [6, 6.07) is -0.157. The Morgan fingerprint density at radius 3 is 2.14 bits per heavy atom. The molecule has 0 aliphatic carbocycles. The van der Waals surface area contributed by atoms with Gasteiger partial charge in [-0.25, -0.2) is 16.0 Å². The van der Waals surface area contributed by atoms with Crippen molar-refractivity contribution >= 4 is 22.1 Å². The van der Waals surface area contributed by atoms with Crippen LogP contribution in [-0.4, -0.2) is 108 Å². The predicted molar refractivity (Wildman–Crippen MR) is 188 cm³/mol. The molecular formula is C32H56N4O12P2. The fourth-order valence-electron chi connectivity index (χ4n) is 5.50. The third kappa shape index (κ3) is 12.0. The Hall–Kier alpha value is -2.02. The average Bonchev–Trinajstić information content (AvgIpc) is 3.33. The molecule has 7 atom stereocenters. The van der Waals surface area contributed by atoms with Crippen LogP contribution in [0.4, 0.5) is 0 Å². The Kier molecular flexibility index (Phi) is 17.9. The van der Waals surface area contributed by atoms with Gasteiger partial charge in [-0.2, -0.15) is 0 Å². The number of hydrogen-bond acceptors (Lipinski definition) is 13. The maximum Gasteiger partial charge on any atom is 0.337 e. The number of nitrogens with zero attached hydrogens (tertiary/aromatic N) is 3. The van der Waals surface area contributed by atoms with E-state index in [0.717, 1.165) is 0 Å². The summed E-state index contributed by atoms with van der Waals surface area (Å²) >= 11 is 0. The highest BCUT2D eigenvalue weighted by Crippen LogP contribution is 2.58. The van der Waals surface area contributed by atoms with Crippen molar-refractivity contribution in [2.45, 2.75) is 137 Å². The molecule has 0 bridgehead atoms. The van der Waals surface area contributed by atoms with Crippen LogP contribution in [0.15, 0.2) is 15.8 Å². The first-order chi connectivity index (χ1) is 23.4. The molecule has 0 amide bonds. The molecule has 0 aromatic carbocycles. The zero-order valence-electron chi connectivity index (χ0n) is 31.3. The lowest BCUT2D eigenvalue weighted by molar-refractivity contribution is -0.159.